The second-order valence-corrected chi connectivity index (χ2v) is 5.78. The van der Waals surface area contributed by atoms with Crippen LogP contribution >= 0.6 is 11.3 Å². The lowest BCUT2D eigenvalue weighted by Gasteiger charge is -2.06. The van der Waals surface area contributed by atoms with E-state index in [1.54, 1.807) is 28.4 Å². The molecule has 0 atom stereocenters. The van der Waals surface area contributed by atoms with Gasteiger partial charge in [0.25, 0.3) is 0 Å². The quantitative estimate of drug-likeness (QED) is 0.576. The molecular weight excluding hydrogens is 296 g/mol. The predicted molar refractivity (Wildman–Crippen MR) is 86.1 cm³/mol. The van der Waals surface area contributed by atoms with E-state index in [9.17, 15) is 0 Å². The maximum absolute atomic E-state index is 5.91. The molecule has 0 saturated heterocycles. The summed E-state index contributed by atoms with van der Waals surface area (Å²) < 4.78 is 8.78. The van der Waals surface area contributed by atoms with Gasteiger partial charge in [0.15, 0.2) is 0 Å². The fourth-order valence-corrected chi connectivity index (χ4v) is 2.94. The average Bonchev–Trinajstić information content (AvgIpc) is 3.16. The molecule has 0 aliphatic heterocycles. The van der Waals surface area contributed by atoms with Gasteiger partial charge in [-0.15, -0.1) is 11.3 Å². The van der Waals surface area contributed by atoms with Crippen molar-refractivity contribution in [1.29, 1.82) is 0 Å². The Morgan fingerprint density at radius 3 is 2.86 bits per heavy atom. The molecule has 0 unspecified atom stereocenters. The van der Waals surface area contributed by atoms with E-state index < -0.39 is 0 Å². The van der Waals surface area contributed by atoms with Crippen molar-refractivity contribution in [2.45, 2.75) is 0 Å². The number of aryl methyl sites for hydroxylation is 1. The number of nitrogens with zero attached hydrogens (tertiary/aromatic N) is 4. The number of ether oxygens (including phenoxy) is 1. The average molecular weight is 308 g/mol. The second kappa shape index (κ2) is 5.23. The Morgan fingerprint density at radius 1 is 1.05 bits per heavy atom. The highest BCUT2D eigenvalue weighted by Crippen LogP contribution is 2.29. The van der Waals surface area contributed by atoms with Gasteiger partial charge in [-0.3, -0.25) is 9.67 Å². The first kappa shape index (κ1) is 13.0. The molecule has 3 aromatic heterocycles. The van der Waals surface area contributed by atoms with E-state index in [4.69, 9.17) is 4.74 Å². The summed E-state index contributed by atoms with van der Waals surface area (Å²) in [5.74, 6) is 1.48. The number of hydrogen-bond donors (Lipinski definition) is 0. The maximum atomic E-state index is 5.91. The lowest BCUT2D eigenvalue weighted by atomic mass is 10.2. The highest BCUT2D eigenvalue weighted by molar-refractivity contribution is 7.16. The van der Waals surface area contributed by atoms with Gasteiger partial charge in [0.1, 0.15) is 11.5 Å². The van der Waals surface area contributed by atoms with Crippen molar-refractivity contribution < 1.29 is 4.74 Å². The largest absolute Gasteiger partial charge is 0.456 e. The number of aromatic nitrogens is 4. The van der Waals surface area contributed by atoms with Crippen molar-refractivity contribution in [3.8, 4) is 22.6 Å². The minimum absolute atomic E-state index is 0.699. The Hall–Kier alpha value is -2.73. The fourth-order valence-electron chi connectivity index (χ4n) is 2.24. The van der Waals surface area contributed by atoms with Crippen molar-refractivity contribution in [3.05, 3.63) is 54.6 Å². The number of thiazole rings is 1. The van der Waals surface area contributed by atoms with Crippen molar-refractivity contribution in [3.63, 3.8) is 0 Å². The first-order valence-corrected chi connectivity index (χ1v) is 7.61. The molecule has 1 aromatic carbocycles. The summed E-state index contributed by atoms with van der Waals surface area (Å²) in [7, 11) is 1.89. The van der Waals surface area contributed by atoms with E-state index in [2.05, 4.69) is 15.1 Å². The van der Waals surface area contributed by atoms with Gasteiger partial charge in [-0.1, -0.05) is 0 Å². The van der Waals surface area contributed by atoms with Gasteiger partial charge < -0.3 is 4.74 Å². The van der Waals surface area contributed by atoms with Gasteiger partial charge >= 0.3 is 0 Å². The standard InChI is InChI=1S/C16H12N4OS/c1-20-9-12(7-19-20)11-4-14(8-17-6-11)21-13-2-3-15-16(5-13)22-10-18-15/h2-10H,1H3. The number of pyridine rings is 1. The highest BCUT2D eigenvalue weighted by Gasteiger charge is 2.05. The van der Waals surface area contributed by atoms with Crippen LogP contribution < -0.4 is 4.74 Å². The van der Waals surface area contributed by atoms with Crippen molar-refractivity contribution in [1.82, 2.24) is 19.7 Å². The lowest BCUT2D eigenvalue weighted by Crippen LogP contribution is -1.87. The Kier molecular flexibility index (Phi) is 3.08. The molecule has 0 saturated carbocycles. The molecule has 0 amide bonds. The zero-order chi connectivity index (χ0) is 14.9. The highest BCUT2D eigenvalue weighted by atomic mass is 32.1. The first-order chi connectivity index (χ1) is 10.8. The summed E-state index contributed by atoms with van der Waals surface area (Å²) in [6.07, 6.45) is 7.27. The van der Waals surface area contributed by atoms with Crippen molar-refractivity contribution >= 4 is 21.6 Å². The number of hydrogen-bond acceptors (Lipinski definition) is 5. The molecule has 0 aliphatic rings. The molecule has 4 aromatic rings. The fraction of sp³-hybridized carbons (Fsp3) is 0.0625. The molecule has 6 heteroatoms. The zero-order valence-electron chi connectivity index (χ0n) is 11.8. The lowest BCUT2D eigenvalue weighted by molar-refractivity contribution is 0.481. The molecule has 0 fully saturated rings. The summed E-state index contributed by atoms with van der Waals surface area (Å²) in [6.45, 7) is 0. The third kappa shape index (κ3) is 2.44. The molecule has 5 nitrogen and oxygen atoms in total. The van der Waals surface area contributed by atoms with Crippen LogP contribution in [-0.2, 0) is 7.05 Å². The molecule has 0 N–H and O–H groups in total. The van der Waals surface area contributed by atoms with Gasteiger partial charge in [0.2, 0.25) is 0 Å². The summed E-state index contributed by atoms with van der Waals surface area (Å²) in [5, 5.41) is 4.18. The van der Waals surface area contributed by atoms with Crippen LogP contribution in [0.4, 0.5) is 0 Å². The number of fused-ring (bicyclic) bond motifs is 1. The predicted octanol–water partition coefficient (Wildman–Crippen LogP) is 3.88. The van der Waals surface area contributed by atoms with Gasteiger partial charge in [-0.2, -0.15) is 5.10 Å². The van der Waals surface area contributed by atoms with Crippen LogP contribution in [-0.4, -0.2) is 19.7 Å². The zero-order valence-corrected chi connectivity index (χ0v) is 12.6. The minimum atomic E-state index is 0.699. The molecule has 4 rings (SSSR count). The van der Waals surface area contributed by atoms with Gasteiger partial charge in [-0.05, 0) is 18.2 Å². The smallest absolute Gasteiger partial charge is 0.146 e. The van der Waals surface area contributed by atoms with E-state index in [0.717, 1.165) is 27.1 Å². The Morgan fingerprint density at radius 2 is 2.00 bits per heavy atom. The van der Waals surface area contributed by atoms with Crippen LogP contribution in [0.5, 0.6) is 11.5 Å². The van der Waals surface area contributed by atoms with E-state index in [0.29, 0.717) is 5.75 Å². The minimum Gasteiger partial charge on any atom is -0.456 e. The van der Waals surface area contributed by atoms with Crippen LogP contribution in [0.15, 0.2) is 54.6 Å². The summed E-state index contributed by atoms with van der Waals surface area (Å²) >= 11 is 1.60. The Labute approximate surface area is 130 Å². The van der Waals surface area contributed by atoms with Gasteiger partial charge in [0.05, 0.1) is 28.1 Å². The molecule has 3 heterocycles. The molecule has 22 heavy (non-hydrogen) atoms. The molecule has 0 bridgehead atoms. The Balaban J connectivity index is 1.65. The molecule has 0 spiro atoms. The van der Waals surface area contributed by atoms with Crippen molar-refractivity contribution in [2.75, 3.05) is 0 Å². The van der Waals surface area contributed by atoms with Crippen LogP contribution in [0.25, 0.3) is 21.3 Å². The SMILES string of the molecule is Cn1cc(-c2cncc(Oc3ccc4ncsc4c3)c2)cn1. The van der Waals surface area contributed by atoms with Crippen LogP contribution in [0.2, 0.25) is 0 Å². The van der Waals surface area contributed by atoms with Crippen LogP contribution in [0.1, 0.15) is 0 Å². The molecular formula is C16H12N4OS. The van der Waals surface area contributed by atoms with E-state index in [-0.39, 0.29) is 0 Å². The monoisotopic (exact) mass is 308 g/mol. The summed E-state index contributed by atoms with van der Waals surface area (Å²) in [5.41, 5.74) is 4.81. The summed E-state index contributed by atoms with van der Waals surface area (Å²) in [6, 6.07) is 7.82. The maximum Gasteiger partial charge on any atom is 0.146 e. The van der Waals surface area contributed by atoms with Crippen LogP contribution in [0, 0.1) is 0 Å². The van der Waals surface area contributed by atoms with Crippen molar-refractivity contribution in [2.24, 2.45) is 7.05 Å². The third-order valence-corrected chi connectivity index (χ3v) is 4.08. The van der Waals surface area contributed by atoms with E-state index in [1.165, 1.54) is 0 Å². The van der Waals surface area contributed by atoms with Crippen LogP contribution in [0.3, 0.4) is 0 Å². The molecule has 0 aliphatic carbocycles. The Bertz CT molecular complexity index is 944. The normalized spacial score (nSPS) is 11.0. The second-order valence-electron chi connectivity index (χ2n) is 4.90. The molecule has 108 valence electrons. The first-order valence-electron chi connectivity index (χ1n) is 6.73. The van der Waals surface area contributed by atoms with Gasteiger partial charge in [-0.25, -0.2) is 4.98 Å². The van der Waals surface area contributed by atoms with Gasteiger partial charge in [0, 0.05) is 36.6 Å². The molecule has 0 radical (unpaired) electrons. The topological polar surface area (TPSA) is 52.8 Å². The van der Waals surface area contributed by atoms with E-state index in [1.807, 2.05) is 49.2 Å². The number of rotatable bonds is 3. The summed E-state index contributed by atoms with van der Waals surface area (Å²) in [4.78, 5) is 8.51. The number of benzene rings is 1. The van der Waals surface area contributed by atoms with E-state index >= 15 is 0 Å². The third-order valence-electron chi connectivity index (χ3n) is 3.29.